The van der Waals surface area contributed by atoms with Crippen molar-refractivity contribution in [3.8, 4) is 17.4 Å². The van der Waals surface area contributed by atoms with Crippen LogP contribution < -0.4 is 14.8 Å². The minimum Gasteiger partial charge on any atom is -0.493 e. The van der Waals surface area contributed by atoms with Gasteiger partial charge in [0, 0.05) is 30.5 Å². The van der Waals surface area contributed by atoms with E-state index in [2.05, 4.69) is 15.3 Å². The molecule has 0 radical (unpaired) electrons. The van der Waals surface area contributed by atoms with Gasteiger partial charge >= 0.3 is 0 Å². The van der Waals surface area contributed by atoms with Gasteiger partial charge in [0.15, 0.2) is 11.5 Å². The van der Waals surface area contributed by atoms with E-state index in [1.54, 1.807) is 23.1 Å². The lowest BCUT2D eigenvalue weighted by Gasteiger charge is -2.27. The van der Waals surface area contributed by atoms with E-state index in [4.69, 9.17) is 14.2 Å². The highest BCUT2D eigenvalue weighted by atomic mass is 16.5. The zero-order chi connectivity index (χ0) is 24.1. The number of amides is 2. The van der Waals surface area contributed by atoms with E-state index in [1.165, 1.54) is 19.6 Å². The van der Waals surface area contributed by atoms with Crippen LogP contribution in [0.1, 0.15) is 31.8 Å². The smallest absolute Gasteiger partial charge is 0.262 e. The number of benzene rings is 2. The highest BCUT2D eigenvalue weighted by Gasteiger charge is 2.22. The molecule has 0 unspecified atom stereocenters. The number of aromatic nitrogens is 2. The van der Waals surface area contributed by atoms with Gasteiger partial charge < -0.3 is 24.4 Å². The number of carbonyl (C=O) groups is 2. The van der Waals surface area contributed by atoms with E-state index in [9.17, 15) is 9.59 Å². The molecule has 1 fully saturated rings. The van der Waals surface area contributed by atoms with Gasteiger partial charge in [-0.1, -0.05) is 18.2 Å². The number of morpholine rings is 1. The molecule has 2 aromatic carbocycles. The lowest BCUT2D eigenvalue weighted by molar-refractivity contribution is 0.0302. The molecule has 1 N–H and O–H groups in total. The molecule has 176 valence electrons. The Bertz CT molecular complexity index is 1190. The maximum absolute atomic E-state index is 13.0. The first kappa shape index (κ1) is 23.2. The SMILES string of the molecule is COc1cc(C(=O)N2CCOCC2)ccc1Oc1ncncc1C(=O)Nc1c(C)cccc1C. The van der Waals surface area contributed by atoms with Gasteiger partial charge in [0.2, 0.25) is 5.88 Å². The average molecular weight is 463 g/mol. The Balaban J connectivity index is 1.57. The van der Waals surface area contributed by atoms with E-state index >= 15 is 0 Å². The van der Waals surface area contributed by atoms with Crippen LogP contribution in [0.3, 0.4) is 0 Å². The number of nitrogens with one attached hydrogen (secondary N) is 1. The van der Waals surface area contributed by atoms with E-state index in [-0.39, 0.29) is 17.4 Å². The number of methoxy groups -OCH3 is 1. The van der Waals surface area contributed by atoms with Crippen molar-refractivity contribution >= 4 is 17.5 Å². The first-order valence-electron chi connectivity index (χ1n) is 10.9. The molecule has 0 spiro atoms. The molecule has 0 bridgehead atoms. The maximum Gasteiger partial charge on any atom is 0.262 e. The van der Waals surface area contributed by atoms with Gasteiger partial charge in [0.1, 0.15) is 11.9 Å². The fourth-order valence-corrected chi connectivity index (χ4v) is 3.69. The van der Waals surface area contributed by atoms with Crippen molar-refractivity contribution in [2.45, 2.75) is 13.8 Å². The monoisotopic (exact) mass is 462 g/mol. The largest absolute Gasteiger partial charge is 0.493 e. The van der Waals surface area contributed by atoms with Crippen molar-refractivity contribution in [3.05, 3.63) is 71.2 Å². The van der Waals surface area contributed by atoms with Crippen molar-refractivity contribution in [3.63, 3.8) is 0 Å². The fraction of sp³-hybridized carbons (Fsp3) is 0.280. The summed E-state index contributed by atoms with van der Waals surface area (Å²) >= 11 is 0. The first-order valence-corrected chi connectivity index (χ1v) is 10.9. The predicted molar refractivity (Wildman–Crippen MR) is 126 cm³/mol. The van der Waals surface area contributed by atoms with Crippen LogP contribution >= 0.6 is 0 Å². The lowest BCUT2D eigenvalue weighted by Crippen LogP contribution is -2.40. The van der Waals surface area contributed by atoms with Crippen LogP contribution in [0, 0.1) is 13.8 Å². The van der Waals surface area contributed by atoms with Crippen molar-refractivity contribution in [2.24, 2.45) is 0 Å². The summed E-state index contributed by atoms with van der Waals surface area (Å²) in [6.45, 7) is 5.96. The van der Waals surface area contributed by atoms with E-state index in [0.29, 0.717) is 43.4 Å². The lowest BCUT2D eigenvalue weighted by atomic mass is 10.1. The van der Waals surface area contributed by atoms with Crippen molar-refractivity contribution < 1.29 is 23.8 Å². The number of hydrogen-bond donors (Lipinski definition) is 1. The second-order valence-electron chi connectivity index (χ2n) is 7.83. The Morgan fingerprint density at radius 1 is 1.06 bits per heavy atom. The highest BCUT2D eigenvalue weighted by Crippen LogP contribution is 2.33. The highest BCUT2D eigenvalue weighted by molar-refractivity contribution is 6.06. The van der Waals surface area contributed by atoms with Crippen molar-refractivity contribution in [1.29, 1.82) is 0 Å². The molecule has 1 aliphatic heterocycles. The quantitative estimate of drug-likeness (QED) is 0.597. The number of anilines is 1. The maximum atomic E-state index is 13.0. The summed E-state index contributed by atoms with van der Waals surface area (Å²) in [5.74, 6) is 0.235. The summed E-state index contributed by atoms with van der Waals surface area (Å²) in [7, 11) is 1.49. The molecule has 1 saturated heterocycles. The Hall–Kier alpha value is -3.98. The Morgan fingerprint density at radius 2 is 1.79 bits per heavy atom. The Labute approximate surface area is 197 Å². The summed E-state index contributed by atoms with van der Waals surface area (Å²) < 4.78 is 16.7. The van der Waals surface area contributed by atoms with Gasteiger partial charge in [0.05, 0.1) is 20.3 Å². The molecule has 3 aromatic rings. The molecule has 1 aromatic heterocycles. The van der Waals surface area contributed by atoms with Crippen LogP contribution in [-0.4, -0.2) is 60.1 Å². The third-order valence-corrected chi connectivity index (χ3v) is 5.56. The van der Waals surface area contributed by atoms with Crippen molar-refractivity contribution in [1.82, 2.24) is 14.9 Å². The summed E-state index contributed by atoms with van der Waals surface area (Å²) in [6, 6.07) is 10.7. The zero-order valence-electron chi connectivity index (χ0n) is 19.3. The summed E-state index contributed by atoms with van der Waals surface area (Å²) in [4.78, 5) is 35.7. The fourth-order valence-electron chi connectivity index (χ4n) is 3.69. The van der Waals surface area contributed by atoms with E-state index in [1.807, 2.05) is 32.0 Å². The number of aryl methyl sites for hydroxylation is 2. The van der Waals surface area contributed by atoms with Gasteiger partial charge in [-0.05, 0) is 43.2 Å². The standard InChI is InChI=1S/C25H26N4O5/c1-16-5-4-6-17(2)22(16)28-23(30)19-14-26-15-27-24(19)34-20-8-7-18(13-21(20)32-3)25(31)29-9-11-33-12-10-29/h4-8,13-15H,9-12H2,1-3H3,(H,28,30). The summed E-state index contributed by atoms with van der Waals surface area (Å²) in [6.07, 6.45) is 2.70. The molecule has 4 rings (SSSR count). The number of ether oxygens (including phenoxy) is 3. The molecular formula is C25H26N4O5. The zero-order valence-corrected chi connectivity index (χ0v) is 19.3. The van der Waals surface area contributed by atoms with Gasteiger partial charge in [-0.2, -0.15) is 0 Å². The molecule has 9 nitrogen and oxygen atoms in total. The molecule has 9 heteroatoms. The molecule has 1 aliphatic rings. The minimum absolute atomic E-state index is 0.0734. The Kier molecular flexibility index (Phi) is 7.03. The van der Waals surface area contributed by atoms with E-state index < -0.39 is 5.91 Å². The summed E-state index contributed by atoms with van der Waals surface area (Å²) in [5, 5.41) is 2.92. The van der Waals surface area contributed by atoms with Crippen LogP contribution in [0.15, 0.2) is 48.9 Å². The second-order valence-corrected chi connectivity index (χ2v) is 7.83. The number of carbonyl (C=O) groups excluding carboxylic acids is 2. The normalized spacial score (nSPS) is 13.3. The third-order valence-electron chi connectivity index (χ3n) is 5.56. The summed E-state index contributed by atoms with van der Waals surface area (Å²) in [5.41, 5.74) is 3.25. The minimum atomic E-state index is -0.397. The molecule has 2 heterocycles. The van der Waals surface area contributed by atoms with Crippen LogP contribution in [0.4, 0.5) is 5.69 Å². The third kappa shape index (κ3) is 4.99. The van der Waals surface area contributed by atoms with Crippen LogP contribution in [-0.2, 0) is 4.74 Å². The van der Waals surface area contributed by atoms with Crippen LogP contribution in [0.25, 0.3) is 0 Å². The molecule has 34 heavy (non-hydrogen) atoms. The topological polar surface area (TPSA) is 103 Å². The van der Waals surface area contributed by atoms with Gasteiger partial charge in [-0.25, -0.2) is 9.97 Å². The van der Waals surface area contributed by atoms with Crippen LogP contribution in [0.5, 0.6) is 17.4 Å². The van der Waals surface area contributed by atoms with Gasteiger partial charge in [-0.15, -0.1) is 0 Å². The molecular weight excluding hydrogens is 436 g/mol. The number of para-hydroxylation sites is 1. The molecule has 0 saturated carbocycles. The van der Waals surface area contributed by atoms with Gasteiger partial charge in [0.25, 0.3) is 11.8 Å². The molecule has 0 aliphatic carbocycles. The number of nitrogens with zero attached hydrogens (tertiary/aromatic N) is 3. The molecule has 2 amide bonds. The number of rotatable bonds is 6. The Morgan fingerprint density at radius 3 is 2.50 bits per heavy atom. The van der Waals surface area contributed by atoms with Gasteiger partial charge in [-0.3, -0.25) is 9.59 Å². The average Bonchev–Trinajstić information content (AvgIpc) is 2.87. The van der Waals surface area contributed by atoms with Crippen molar-refractivity contribution in [2.75, 3.05) is 38.7 Å². The molecule has 0 atom stereocenters. The number of hydrogen-bond acceptors (Lipinski definition) is 7. The second kappa shape index (κ2) is 10.3. The van der Waals surface area contributed by atoms with Crippen LogP contribution in [0.2, 0.25) is 0 Å². The van der Waals surface area contributed by atoms with E-state index in [0.717, 1.165) is 16.8 Å². The predicted octanol–water partition coefficient (Wildman–Crippen LogP) is 3.62. The first-order chi connectivity index (χ1) is 16.5.